The van der Waals surface area contributed by atoms with Crippen molar-refractivity contribution in [3.8, 4) is 5.75 Å². The summed E-state index contributed by atoms with van der Waals surface area (Å²) in [5.41, 5.74) is 9.56. The van der Waals surface area contributed by atoms with Crippen molar-refractivity contribution in [1.29, 1.82) is 0 Å². The molecule has 146 valence electrons. The number of hydrogen-bond donors (Lipinski definition) is 1. The molecule has 1 fully saturated rings. The van der Waals surface area contributed by atoms with E-state index in [1.807, 2.05) is 18.3 Å². The molecular formula is C22H27N5O. The minimum Gasteiger partial charge on any atom is -0.484 e. The van der Waals surface area contributed by atoms with Gasteiger partial charge in [0.05, 0.1) is 6.20 Å². The van der Waals surface area contributed by atoms with E-state index in [1.54, 1.807) is 0 Å². The smallest absolute Gasteiger partial charge is 0.231 e. The normalized spacial score (nSPS) is 22.7. The number of benzene rings is 1. The first kappa shape index (κ1) is 17.5. The van der Waals surface area contributed by atoms with Gasteiger partial charge in [-0.2, -0.15) is 0 Å². The van der Waals surface area contributed by atoms with Crippen LogP contribution in [0.15, 0.2) is 42.6 Å². The fourth-order valence-electron chi connectivity index (χ4n) is 4.49. The second kappa shape index (κ2) is 7.43. The molecule has 1 aliphatic heterocycles. The quantitative estimate of drug-likeness (QED) is 0.746. The summed E-state index contributed by atoms with van der Waals surface area (Å²) in [5.74, 6) is 1.77. The molecule has 2 aliphatic rings. The van der Waals surface area contributed by atoms with Crippen molar-refractivity contribution >= 4 is 11.6 Å². The first-order chi connectivity index (χ1) is 13.8. The molecule has 0 saturated carbocycles. The van der Waals surface area contributed by atoms with Crippen LogP contribution in [0.4, 0.5) is 5.95 Å². The van der Waals surface area contributed by atoms with Crippen LogP contribution < -0.4 is 15.4 Å². The molecule has 0 amide bonds. The Balaban J connectivity index is 1.44. The van der Waals surface area contributed by atoms with Gasteiger partial charge >= 0.3 is 0 Å². The Kier molecular flexibility index (Phi) is 4.64. The number of ether oxygens (including phenoxy) is 1. The van der Waals surface area contributed by atoms with E-state index in [9.17, 15) is 0 Å². The van der Waals surface area contributed by atoms with Crippen molar-refractivity contribution < 1.29 is 4.74 Å². The maximum Gasteiger partial charge on any atom is 0.231 e. The fraction of sp³-hybridized carbons (Fsp3) is 0.455. The molecule has 3 aromatic rings. The molecule has 0 bridgehead atoms. The largest absolute Gasteiger partial charge is 0.484 e. The van der Waals surface area contributed by atoms with Crippen molar-refractivity contribution in [1.82, 2.24) is 14.6 Å². The van der Waals surface area contributed by atoms with Crippen LogP contribution in [-0.2, 0) is 0 Å². The van der Waals surface area contributed by atoms with Crippen molar-refractivity contribution in [2.75, 3.05) is 18.0 Å². The summed E-state index contributed by atoms with van der Waals surface area (Å²) in [5, 5.41) is 8.82. The van der Waals surface area contributed by atoms with Gasteiger partial charge < -0.3 is 15.4 Å². The van der Waals surface area contributed by atoms with Crippen molar-refractivity contribution in [3.05, 3.63) is 53.7 Å². The van der Waals surface area contributed by atoms with Crippen LogP contribution in [0.5, 0.6) is 5.75 Å². The minimum atomic E-state index is 0.0339. The van der Waals surface area contributed by atoms with Crippen LogP contribution >= 0.6 is 0 Å². The van der Waals surface area contributed by atoms with E-state index in [4.69, 9.17) is 10.5 Å². The molecule has 0 radical (unpaired) electrons. The van der Waals surface area contributed by atoms with E-state index < -0.39 is 0 Å². The van der Waals surface area contributed by atoms with Crippen LogP contribution in [0, 0.1) is 0 Å². The highest BCUT2D eigenvalue weighted by Gasteiger charge is 2.26. The van der Waals surface area contributed by atoms with Crippen molar-refractivity contribution in [2.24, 2.45) is 5.73 Å². The summed E-state index contributed by atoms with van der Waals surface area (Å²) in [7, 11) is 0. The second-order valence-corrected chi connectivity index (χ2v) is 7.91. The number of aromatic nitrogens is 3. The summed E-state index contributed by atoms with van der Waals surface area (Å²) in [4.78, 5) is 2.35. The molecule has 6 heteroatoms. The van der Waals surface area contributed by atoms with E-state index in [2.05, 4.69) is 43.8 Å². The molecule has 0 spiro atoms. The number of nitrogens with zero attached hydrogens (tertiary/aromatic N) is 4. The van der Waals surface area contributed by atoms with Gasteiger partial charge in [0.25, 0.3) is 0 Å². The maximum atomic E-state index is 6.42. The lowest BCUT2D eigenvalue weighted by atomic mass is 9.86. The Bertz CT molecular complexity index is 960. The number of pyridine rings is 1. The number of rotatable bonds is 3. The van der Waals surface area contributed by atoms with Crippen LogP contribution in [0.3, 0.4) is 0 Å². The summed E-state index contributed by atoms with van der Waals surface area (Å²) in [6.07, 6.45) is 8.95. The van der Waals surface area contributed by atoms with Gasteiger partial charge in [-0.1, -0.05) is 37.1 Å². The first-order valence-corrected chi connectivity index (χ1v) is 10.4. The zero-order valence-electron chi connectivity index (χ0n) is 16.1. The molecule has 1 aliphatic carbocycles. The molecule has 2 atom stereocenters. The highest BCUT2D eigenvalue weighted by atomic mass is 16.5. The molecule has 5 rings (SSSR count). The average molecular weight is 377 g/mol. The summed E-state index contributed by atoms with van der Waals surface area (Å²) in [6, 6.07) is 12.5. The standard InChI is InChI=1S/C22H27N5O/c23-19-10-11-20(18-8-4-3-7-17(18)19)28-16-9-12-21-24-25-22(27(21)15-16)26-13-5-1-2-6-14-26/h3-4,7-9,12,15,19-20H,1-2,5-6,10-11,13-14,23H2/t19-,20+/m0/s1. The zero-order chi connectivity index (χ0) is 18.9. The van der Waals surface area contributed by atoms with Gasteiger partial charge in [0.2, 0.25) is 5.95 Å². The van der Waals surface area contributed by atoms with Gasteiger partial charge in [0.1, 0.15) is 11.9 Å². The molecule has 2 aromatic heterocycles. The third-order valence-corrected chi connectivity index (χ3v) is 6.01. The maximum absolute atomic E-state index is 6.42. The Morgan fingerprint density at radius 3 is 2.50 bits per heavy atom. The molecule has 1 aromatic carbocycles. The second-order valence-electron chi connectivity index (χ2n) is 7.91. The van der Waals surface area contributed by atoms with Crippen LogP contribution in [0.2, 0.25) is 0 Å². The predicted molar refractivity (Wildman–Crippen MR) is 110 cm³/mol. The average Bonchev–Trinajstić information content (AvgIpc) is 2.95. The molecule has 0 unspecified atom stereocenters. The SMILES string of the molecule is N[C@H]1CC[C@@H](Oc2ccc3nnc(N4CCCCCC4)n3c2)c2ccccc21. The first-order valence-electron chi connectivity index (χ1n) is 10.4. The monoisotopic (exact) mass is 377 g/mol. The van der Waals surface area contributed by atoms with Crippen molar-refractivity contribution in [2.45, 2.75) is 50.7 Å². The van der Waals surface area contributed by atoms with Gasteiger partial charge in [-0.05, 0) is 48.9 Å². The van der Waals surface area contributed by atoms with Gasteiger partial charge in [0.15, 0.2) is 5.65 Å². The van der Waals surface area contributed by atoms with E-state index in [0.717, 1.165) is 43.3 Å². The molecule has 28 heavy (non-hydrogen) atoms. The third-order valence-electron chi connectivity index (χ3n) is 6.01. The zero-order valence-corrected chi connectivity index (χ0v) is 16.1. The van der Waals surface area contributed by atoms with Crippen LogP contribution in [0.25, 0.3) is 5.65 Å². The van der Waals surface area contributed by atoms with Gasteiger partial charge in [-0.15, -0.1) is 10.2 Å². The summed E-state index contributed by atoms with van der Waals surface area (Å²) >= 11 is 0. The van der Waals surface area contributed by atoms with E-state index in [0.29, 0.717) is 0 Å². The van der Waals surface area contributed by atoms with Gasteiger partial charge in [0, 0.05) is 19.1 Å². The number of nitrogens with two attached hydrogens (primary N) is 1. The van der Waals surface area contributed by atoms with Crippen LogP contribution in [-0.4, -0.2) is 27.7 Å². The van der Waals surface area contributed by atoms with E-state index in [1.165, 1.54) is 36.8 Å². The Morgan fingerprint density at radius 1 is 0.893 bits per heavy atom. The Labute approximate surface area is 165 Å². The third kappa shape index (κ3) is 3.22. The molecular weight excluding hydrogens is 350 g/mol. The molecule has 6 nitrogen and oxygen atoms in total. The molecule has 3 heterocycles. The summed E-state index contributed by atoms with van der Waals surface area (Å²) in [6.45, 7) is 2.08. The lowest BCUT2D eigenvalue weighted by Gasteiger charge is -2.30. The minimum absolute atomic E-state index is 0.0339. The highest BCUT2D eigenvalue weighted by molar-refractivity contribution is 5.49. The highest BCUT2D eigenvalue weighted by Crippen LogP contribution is 2.37. The lowest BCUT2D eigenvalue weighted by molar-refractivity contribution is 0.176. The summed E-state index contributed by atoms with van der Waals surface area (Å²) < 4.78 is 8.49. The Hall–Kier alpha value is -2.60. The Morgan fingerprint density at radius 2 is 1.68 bits per heavy atom. The number of anilines is 1. The van der Waals surface area contributed by atoms with Gasteiger partial charge in [-0.25, -0.2) is 0 Å². The number of fused-ring (bicyclic) bond motifs is 2. The van der Waals surface area contributed by atoms with Gasteiger partial charge in [-0.3, -0.25) is 4.40 Å². The number of hydrogen-bond acceptors (Lipinski definition) is 5. The molecule has 2 N–H and O–H groups in total. The van der Waals surface area contributed by atoms with Crippen LogP contribution in [0.1, 0.15) is 61.8 Å². The van der Waals surface area contributed by atoms with E-state index >= 15 is 0 Å². The topological polar surface area (TPSA) is 68.7 Å². The van der Waals surface area contributed by atoms with E-state index in [-0.39, 0.29) is 12.1 Å². The molecule has 1 saturated heterocycles. The fourth-order valence-corrected chi connectivity index (χ4v) is 4.49. The lowest BCUT2D eigenvalue weighted by Crippen LogP contribution is -2.26. The predicted octanol–water partition coefficient (Wildman–Crippen LogP) is 4.02. The van der Waals surface area contributed by atoms with Crippen molar-refractivity contribution in [3.63, 3.8) is 0 Å².